The molecule has 0 saturated heterocycles. The van der Waals surface area contributed by atoms with E-state index >= 15 is 0 Å². The van der Waals surface area contributed by atoms with Crippen molar-refractivity contribution in [2.45, 2.75) is 39.0 Å². The Kier molecular flexibility index (Phi) is 2.70. The van der Waals surface area contributed by atoms with Gasteiger partial charge in [-0.3, -0.25) is 0 Å². The highest BCUT2D eigenvalue weighted by Crippen LogP contribution is 2.52. The molecule has 0 aliphatic heterocycles. The molecule has 1 fully saturated rings. The molecule has 1 saturated carbocycles. The first-order valence-corrected chi connectivity index (χ1v) is 5.78. The quantitative estimate of drug-likeness (QED) is 0.729. The van der Waals surface area contributed by atoms with E-state index in [9.17, 15) is 0 Å². The summed E-state index contributed by atoms with van der Waals surface area (Å²) in [6.45, 7) is 6.23. The predicted molar refractivity (Wildman–Crippen MR) is 65.2 cm³/mol. The second-order valence-corrected chi connectivity index (χ2v) is 4.59. The topological polar surface area (TPSA) is 30.7 Å². The highest BCUT2D eigenvalue weighted by Gasteiger charge is 2.49. The number of allylic oxidation sites excluding steroid dienone is 4. The van der Waals surface area contributed by atoms with Crippen LogP contribution < -0.4 is 0 Å². The van der Waals surface area contributed by atoms with Crippen molar-refractivity contribution < 1.29 is 0 Å². The third kappa shape index (κ3) is 1.60. The Bertz CT molecular complexity index is 448. The van der Waals surface area contributed by atoms with Gasteiger partial charge in [0.25, 0.3) is 0 Å². The van der Waals surface area contributed by atoms with E-state index in [4.69, 9.17) is 0 Å². The standard InChI is InChI=1S/C13H19N3/c1-5-6-7-10(2)13(8-9-13)12-15-14-11(3)16(12)4/h5-7H,8-9H2,1-4H3/b6-5-,10-7+. The van der Waals surface area contributed by atoms with Crippen LogP contribution in [-0.4, -0.2) is 14.8 Å². The largest absolute Gasteiger partial charge is 0.318 e. The van der Waals surface area contributed by atoms with Gasteiger partial charge in [0.15, 0.2) is 0 Å². The van der Waals surface area contributed by atoms with Gasteiger partial charge in [-0.2, -0.15) is 0 Å². The molecule has 0 spiro atoms. The number of aryl methyl sites for hydroxylation is 1. The van der Waals surface area contributed by atoms with Crippen molar-refractivity contribution in [1.82, 2.24) is 14.8 Å². The van der Waals surface area contributed by atoms with Crippen LogP contribution >= 0.6 is 0 Å². The van der Waals surface area contributed by atoms with Crippen LogP contribution in [0.15, 0.2) is 23.8 Å². The third-order valence-corrected chi connectivity index (χ3v) is 3.56. The predicted octanol–water partition coefficient (Wildman–Crippen LogP) is 2.68. The summed E-state index contributed by atoms with van der Waals surface area (Å²) in [6.07, 6.45) is 8.73. The summed E-state index contributed by atoms with van der Waals surface area (Å²) in [5.74, 6) is 2.10. The van der Waals surface area contributed by atoms with E-state index in [1.807, 2.05) is 20.9 Å². The number of rotatable bonds is 3. The minimum Gasteiger partial charge on any atom is -0.318 e. The summed E-state index contributed by atoms with van der Waals surface area (Å²) in [5.41, 5.74) is 1.55. The first kappa shape index (κ1) is 11.1. The maximum absolute atomic E-state index is 4.33. The Morgan fingerprint density at radius 2 is 2.06 bits per heavy atom. The van der Waals surface area contributed by atoms with Crippen molar-refractivity contribution >= 4 is 0 Å². The average Bonchev–Trinajstić information content (AvgIpc) is 3.01. The zero-order valence-electron chi connectivity index (χ0n) is 10.5. The van der Waals surface area contributed by atoms with Gasteiger partial charge in [0, 0.05) is 7.05 Å². The minimum absolute atomic E-state index is 0.162. The lowest BCUT2D eigenvalue weighted by Gasteiger charge is -2.15. The summed E-state index contributed by atoms with van der Waals surface area (Å²) in [4.78, 5) is 0. The van der Waals surface area contributed by atoms with Crippen LogP contribution in [0.1, 0.15) is 38.3 Å². The Morgan fingerprint density at radius 3 is 2.50 bits per heavy atom. The zero-order valence-corrected chi connectivity index (χ0v) is 10.5. The molecule has 0 atom stereocenters. The SMILES string of the molecule is C/C=C\C=C(/C)C1(c2nnc(C)n2C)CC1. The van der Waals surface area contributed by atoms with Crippen LogP contribution in [0.4, 0.5) is 0 Å². The van der Waals surface area contributed by atoms with Crippen LogP contribution in [-0.2, 0) is 12.5 Å². The van der Waals surface area contributed by atoms with Gasteiger partial charge in [-0.05, 0) is 33.6 Å². The van der Waals surface area contributed by atoms with Gasteiger partial charge in [0.2, 0.25) is 0 Å². The summed E-state index contributed by atoms with van der Waals surface area (Å²) in [5, 5.41) is 8.48. The molecule has 1 aliphatic carbocycles. The fraction of sp³-hybridized carbons (Fsp3) is 0.538. The van der Waals surface area contributed by atoms with Crippen molar-refractivity contribution in [3.8, 4) is 0 Å². The monoisotopic (exact) mass is 217 g/mol. The molecule has 16 heavy (non-hydrogen) atoms. The molecule has 1 heterocycles. The molecule has 1 aromatic heterocycles. The third-order valence-electron chi connectivity index (χ3n) is 3.56. The summed E-state index contributed by atoms with van der Waals surface area (Å²) >= 11 is 0. The summed E-state index contributed by atoms with van der Waals surface area (Å²) in [7, 11) is 2.05. The summed E-state index contributed by atoms with van der Waals surface area (Å²) in [6, 6.07) is 0. The van der Waals surface area contributed by atoms with Gasteiger partial charge in [-0.15, -0.1) is 10.2 Å². The van der Waals surface area contributed by atoms with Crippen LogP contribution in [0.3, 0.4) is 0 Å². The molecule has 1 aliphatic rings. The van der Waals surface area contributed by atoms with Gasteiger partial charge in [-0.1, -0.05) is 23.8 Å². The number of hydrogen-bond acceptors (Lipinski definition) is 2. The fourth-order valence-electron chi connectivity index (χ4n) is 2.14. The molecular formula is C13H19N3. The fourth-order valence-corrected chi connectivity index (χ4v) is 2.14. The molecular weight excluding hydrogens is 198 g/mol. The molecule has 1 aromatic rings. The minimum atomic E-state index is 0.162. The first-order valence-electron chi connectivity index (χ1n) is 5.78. The van der Waals surface area contributed by atoms with Crippen LogP contribution in [0.5, 0.6) is 0 Å². The molecule has 86 valence electrons. The van der Waals surface area contributed by atoms with Crippen molar-refractivity contribution in [1.29, 1.82) is 0 Å². The Morgan fingerprint density at radius 1 is 1.38 bits per heavy atom. The highest BCUT2D eigenvalue weighted by molar-refractivity contribution is 5.36. The highest BCUT2D eigenvalue weighted by atomic mass is 15.3. The van der Waals surface area contributed by atoms with Crippen LogP contribution in [0, 0.1) is 6.92 Å². The number of hydrogen-bond donors (Lipinski definition) is 0. The molecule has 0 unspecified atom stereocenters. The molecule has 2 rings (SSSR count). The van der Waals surface area contributed by atoms with E-state index < -0.39 is 0 Å². The van der Waals surface area contributed by atoms with Gasteiger partial charge in [0.05, 0.1) is 5.41 Å². The van der Waals surface area contributed by atoms with Gasteiger partial charge < -0.3 is 4.57 Å². The van der Waals surface area contributed by atoms with Crippen LogP contribution in [0.2, 0.25) is 0 Å². The Balaban J connectivity index is 2.37. The molecule has 0 N–H and O–H groups in total. The lowest BCUT2D eigenvalue weighted by molar-refractivity contribution is 0.673. The Hall–Kier alpha value is -1.38. The van der Waals surface area contributed by atoms with Crippen molar-refractivity contribution in [2.75, 3.05) is 0 Å². The lowest BCUT2D eigenvalue weighted by Crippen LogP contribution is -2.15. The number of aromatic nitrogens is 3. The van der Waals surface area contributed by atoms with Crippen molar-refractivity contribution in [3.05, 3.63) is 35.4 Å². The average molecular weight is 217 g/mol. The van der Waals surface area contributed by atoms with Crippen LogP contribution in [0.25, 0.3) is 0 Å². The molecule has 0 amide bonds. The van der Waals surface area contributed by atoms with E-state index in [1.165, 1.54) is 18.4 Å². The molecule has 0 bridgehead atoms. The molecule has 3 nitrogen and oxygen atoms in total. The zero-order chi connectivity index (χ0) is 11.8. The van der Waals surface area contributed by atoms with E-state index in [1.54, 1.807) is 0 Å². The van der Waals surface area contributed by atoms with E-state index in [2.05, 4.69) is 39.9 Å². The summed E-state index contributed by atoms with van der Waals surface area (Å²) < 4.78 is 2.11. The van der Waals surface area contributed by atoms with E-state index in [-0.39, 0.29) is 5.41 Å². The van der Waals surface area contributed by atoms with E-state index in [0.29, 0.717) is 0 Å². The van der Waals surface area contributed by atoms with Crippen molar-refractivity contribution in [2.24, 2.45) is 7.05 Å². The Labute approximate surface area is 96.9 Å². The van der Waals surface area contributed by atoms with E-state index in [0.717, 1.165) is 11.6 Å². The smallest absolute Gasteiger partial charge is 0.143 e. The lowest BCUT2D eigenvalue weighted by atomic mass is 9.95. The maximum Gasteiger partial charge on any atom is 0.143 e. The molecule has 3 heteroatoms. The first-order chi connectivity index (χ1) is 7.62. The van der Waals surface area contributed by atoms with Gasteiger partial charge >= 0.3 is 0 Å². The normalized spacial score (nSPS) is 19.4. The van der Waals surface area contributed by atoms with Crippen molar-refractivity contribution in [3.63, 3.8) is 0 Å². The maximum atomic E-state index is 4.33. The number of nitrogens with zero attached hydrogens (tertiary/aromatic N) is 3. The van der Waals surface area contributed by atoms with Gasteiger partial charge in [0.1, 0.15) is 11.6 Å². The molecule has 0 radical (unpaired) electrons. The molecule has 0 aromatic carbocycles. The second-order valence-electron chi connectivity index (χ2n) is 4.59. The second kappa shape index (κ2) is 3.89. The van der Waals surface area contributed by atoms with Gasteiger partial charge in [-0.25, -0.2) is 0 Å².